The molecule has 36 heavy (non-hydrogen) atoms. The molecular weight excluding hydrogens is 481 g/mol. The number of aliphatic carboxylic acids is 1. The van der Waals surface area contributed by atoms with E-state index in [-0.39, 0.29) is 12.5 Å². The second kappa shape index (κ2) is 9.68. The summed E-state index contributed by atoms with van der Waals surface area (Å²) < 4.78 is 44.8. The summed E-state index contributed by atoms with van der Waals surface area (Å²) in [6.45, 7) is -0.705. The van der Waals surface area contributed by atoms with Crippen molar-refractivity contribution >= 4 is 23.4 Å². The van der Waals surface area contributed by atoms with Gasteiger partial charge in [0.2, 0.25) is 0 Å². The Labute approximate surface area is 202 Å². The van der Waals surface area contributed by atoms with Crippen molar-refractivity contribution in [1.82, 2.24) is 0 Å². The number of hydrogen-bond acceptors (Lipinski definition) is 5. The Morgan fingerprint density at radius 1 is 1.00 bits per heavy atom. The van der Waals surface area contributed by atoms with Crippen LogP contribution in [0.4, 0.5) is 29.3 Å². The normalized spacial score (nSPS) is 12.5. The van der Waals surface area contributed by atoms with Gasteiger partial charge in [-0.2, -0.15) is 13.2 Å². The molecule has 186 valence electrons. The standard InChI is InChI=1S/C25H19F3N2O6/c26-25(27,28)15-9-10-21(22(13-15)30(34)35)29(12-11-23(31)32)24(33)36-14-20-18-7-3-1-5-16(18)17-6-2-4-8-19(17)20/h1-10,13,20H,11-12,14H2,(H,31,32). The van der Waals surface area contributed by atoms with Crippen LogP contribution in [0.3, 0.4) is 0 Å². The molecule has 4 rings (SSSR count). The number of nitro groups is 1. The highest BCUT2D eigenvalue weighted by atomic mass is 19.4. The minimum absolute atomic E-state index is 0.162. The number of carboxylic acid groups (broad SMARTS) is 1. The molecule has 0 fully saturated rings. The van der Waals surface area contributed by atoms with Crippen molar-refractivity contribution in [2.45, 2.75) is 18.5 Å². The number of halogens is 3. The lowest BCUT2D eigenvalue weighted by Gasteiger charge is -2.23. The Kier molecular flexibility index (Phi) is 6.65. The number of amides is 1. The number of rotatable bonds is 7. The first-order chi connectivity index (χ1) is 17.1. The maximum atomic E-state index is 13.1. The Morgan fingerprint density at radius 2 is 1.58 bits per heavy atom. The van der Waals surface area contributed by atoms with E-state index in [1.807, 2.05) is 48.5 Å². The van der Waals surface area contributed by atoms with Crippen molar-refractivity contribution in [3.05, 3.63) is 93.5 Å². The maximum Gasteiger partial charge on any atom is 0.416 e. The zero-order chi connectivity index (χ0) is 26.0. The summed E-state index contributed by atoms with van der Waals surface area (Å²) in [5.74, 6) is -1.65. The molecule has 1 amide bonds. The smallest absolute Gasteiger partial charge is 0.416 e. The van der Waals surface area contributed by atoms with Gasteiger partial charge in [0.15, 0.2) is 0 Å². The lowest BCUT2D eigenvalue weighted by Crippen LogP contribution is -2.35. The number of anilines is 1. The number of alkyl halides is 3. The third-order valence-electron chi connectivity index (χ3n) is 5.90. The van der Waals surface area contributed by atoms with Crippen molar-refractivity contribution in [2.75, 3.05) is 18.1 Å². The maximum absolute atomic E-state index is 13.1. The van der Waals surface area contributed by atoms with Gasteiger partial charge in [0.25, 0.3) is 5.69 Å². The molecule has 11 heteroatoms. The Hall–Kier alpha value is -4.41. The Balaban J connectivity index is 1.64. The zero-order valence-corrected chi connectivity index (χ0v) is 18.6. The molecule has 0 heterocycles. The predicted octanol–water partition coefficient (Wildman–Crippen LogP) is 5.84. The number of nitro benzene ring substituents is 1. The van der Waals surface area contributed by atoms with Crippen molar-refractivity contribution in [3.8, 4) is 11.1 Å². The number of carbonyl (C=O) groups excluding carboxylic acids is 1. The van der Waals surface area contributed by atoms with E-state index in [2.05, 4.69) is 0 Å². The van der Waals surface area contributed by atoms with Gasteiger partial charge in [0.1, 0.15) is 12.3 Å². The molecule has 0 radical (unpaired) electrons. The van der Waals surface area contributed by atoms with Gasteiger partial charge in [-0.25, -0.2) is 4.79 Å². The molecule has 0 unspecified atom stereocenters. The third-order valence-corrected chi connectivity index (χ3v) is 5.90. The SMILES string of the molecule is O=C(O)CCN(C(=O)OCC1c2ccccc2-c2ccccc21)c1ccc(C(F)(F)F)cc1[N+](=O)[O-]. The van der Waals surface area contributed by atoms with Gasteiger partial charge in [0, 0.05) is 18.5 Å². The second-order valence-corrected chi connectivity index (χ2v) is 8.06. The van der Waals surface area contributed by atoms with E-state index in [1.54, 1.807) is 0 Å². The van der Waals surface area contributed by atoms with Crippen molar-refractivity contribution < 1.29 is 37.5 Å². The van der Waals surface area contributed by atoms with Gasteiger partial charge in [-0.1, -0.05) is 48.5 Å². The van der Waals surface area contributed by atoms with Crippen molar-refractivity contribution in [3.63, 3.8) is 0 Å². The van der Waals surface area contributed by atoms with Crippen LogP contribution < -0.4 is 4.90 Å². The Morgan fingerprint density at radius 3 is 2.11 bits per heavy atom. The van der Waals surface area contributed by atoms with Crippen LogP contribution in [0.25, 0.3) is 11.1 Å². The average molecular weight is 500 g/mol. The molecule has 1 N–H and O–H groups in total. The van der Waals surface area contributed by atoms with Crippen molar-refractivity contribution in [1.29, 1.82) is 0 Å². The van der Waals surface area contributed by atoms with Crippen LogP contribution in [0.1, 0.15) is 29.0 Å². The molecule has 0 saturated heterocycles. The molecule has 3 aromatic rings. The number of fused-ring (bicyclic) bond motifs is 3. The average Bonchev–Trinajstić information content (AvgIpc) is 3.15. The highest BCUT2D eigenvalue weighted by Crippen LogP contribution is 2.44. The quantitative estimate of drug-likeness (QED) is 0.322. The van der Waals surface area contributed by atoms with Crippen LogP contribution in [0.15, 0.2) is 66.7 Å². The summed E-state index contributed by atoms with van der Waals surface area (Å²) in [7, 11) is 0. The molecular formula is C25H19F3N2O6. The van der Waals surface area contributed by atoms with E-state index in [0.29, 0.717) is 17.0 Å². The summed E-state index contributed by atoms with van der Waals surface area (Å²) in [6, 6.07) is 16.7. The molecule has 0 bridgehead atoms. The molecule has 0 atom stereocenters. The fourth-order valence-corrected chi connectivity index (χ4v) is 4.26. The van der Waals surface area contributed by atoms with Gasteiger partial charge >= 0.3 is 18.2 Å². The third kappa shape index (κ3) is 4.85. The van der Waals surface area contributed by atoms with Gasteiger partial charge in [-0.05, 0) is 34.4 Å². The summed E-state index contributed by atoms with van der Waals surface area (Å²) >= 11 is 0. The monoisotopic (exact) mass is 500 g/mol. The molecule has 0 spiro atoms. The molecule has 1 aliphatic rings. The van der Waals surface area contributed by atoms with Crippen LogP contribution >= 0.6 is 0 Å². The van der Waals surface area contributed by atoms with E-state index in [0.717, 1.165) is 28.3 Å². The molecule has 0 saturated carbocycles. The van der Waals surface area contributed by atoms with Gasteiger partial charge in [-0.3, -0.25) is 19.8 Å². The minimum atomic E-state index is -4.85. The number of nitrogens with zero attached hydrogens (tertiary/aromatic N) is 2. The number of carbonyl (C=O) groups is 2. The second-order valence-electron chi connectivity index (χ2n) is 8.06. The fourth-order valence-electron chi connectivity index (χ4n) is 4.26. The van der Waals surface area contributed by atoms with E-state index >= 15 is 0 Å². The molecule has 1 aliphatic carbocycles. The highest BCUT2D eigenvalue weighted by molar-refractivity contribution is 5.91. The number of hydrogen-bond donors (Lipinski definition) is 1. The van der Waals surface area contributed by atoms with Gasteiger partial charge in [0.05, 0.1) is 16.9 Å². The molecule has 8 nitrogen and oxygen atoms in total. The van der Waals surface area contributed by atoms with E-state index < -0.39 is 53.1 Å². The summed E-state index contributed by atoms with van der Waals surface area (Å²) in [6.07, 6.45) is -6.57. The summed E-state index contributed by atoms with van der Waals surface area (Å²) in [5.41, 5.74) is 0.984. The van der Waals surface area contributed by atoms with E-state index in [4.69, 9.17) is 9.84 Å². The highest BCUT2D eigenvalue weighted by Gasteiger charge is 2.36. The van der Waals surface area contributed by atoms with E-state index in [9.17, 15) is 32.9 Å². The molecule has 3 aromatic carbocycles. The zero-order valence-electron chi connectivity index (χ0n) is 18.6. The minimum Gasteiger partial charge on any atom is -0.481 e. The largest absolute Gasteiger partial charge is 0.481 e. The van der Waals surface area contributed by atoms with Crippen LogP contribution in [0, 0.1) is 10.1 Å². The van der Waals surface area contributed by atoms with E-state index in [1.165, 1.54) is 0 Å². The number of carboxylic acids is 1. The van der Waals surface area contributed by atoms with Crippen molar-refractivity contribution in [2.24, 2.45) is 0 Å². The van der Waals surface area contributed by atoms with Crippen LogP contribution in [-0.4, -0.2) is 35.2 Å². The van der Waals surface area contributed by atoms with Crippen LogP contribution in [0.5, 0.6) is 0 Å². The first-order valence-corrected chi connectivity index (χ1v) is 10.8. The molecule has 0 aromatic heterocycles. The number of ether oxygens (including phenoxy) is 1. The lowest BCUT2D eigenvalue weighted by molar-refractivity contribution is -0.384. The fraction of sp³-hybridized carbons (Fsp3) is 0.200. The van der Waals surface area contributed by atoms with Crippen LogP contribution in [0.2, 0.25) is 0 Å². The first kappa shape index (κ1) is 24.7. The first-order valence-electron chi connectivity index (χ1n) is 10.8. The van der Waals surface area contributed by atoms with Crippen LogP contribution in [-0.2, 0) is 15.7 Å². The number of benzene rings is 3. The summed E-state index contributed by atoms with van der Waals surface area (Å²) in [4.78, 5) is 35.4. The molecule has 0 aliphatic heterocycles. The summed E-state index contributed by atoms with van der Waals surface area (Å²) in [5, 5.41) is 20.6. The Bertz CT molecular complexity index is 1300. The van der Waals surface area contributed by atoms with Gasteiger partial charge < -0.3 is 9.84 Å². The topological polar surface area (TPSA) is 110 Å². The lowest BCUT2D eigenvalue weighted by atomic mass is 9.98. The van der Waals surface area contributed by atoms with Gasteiger partial charge in [-0.15, -0.1) is 0 Å². The predicted molar refractivity (Wildman–Crippen MR) is 123 cm³/mol.